The van der Waals surface area contributed by atoms with Crippen molar-refractivity contribution in [3.8, 4) is 44.5 Å². The van der Waals surface area contributed by atoms with Gasteiger partial charge in [-0.25, -0.2) is 0 Å². The predicted molar refractivity (Wildman–Crippen MR) is 251 cm³/mol. The fourth-order valence-corrected chi connectivity index (χ4v) is 9.29. The smallest absolute Gasteiger partial charge is 0.0671 e. The summed E-state index contributed by atoms with van der Waals surface area (Å²) in [4.78, 5) is 5.13. The molecule has 0 saturated carbocycles. The van der Waals surface area contributed by atoms with Crippen molar-refractivity contribution in [2.75, 3.05) is 0 Å². The van der Waals surface area contributed by atoms with Crippen molar-refractivity contribution >= 4 is 33.0 Å². The lowest BCUT2D eigenvalue weighted by Gasteiger charge is -2.26. The van der Waals surface area contributed by atoms with Crippen molar-refractivity contribution in [1.29, 1.82) is 0 Å². The van der Waals surface area contributed by atoms with Crippen molar-refractivity contribution in [2.24, 2.45) is 10.7 Å². The molecule has 0 saturated heterocycles. The Kier molecular flexibility index (Phi) is 9.11. The molecular formula is C57H44N2. The maximum atomic E-state index is 7.07. The van der Waals surface area contributed by atoms with Crippen LogP contribution in [-0.2, 0) is 12.0 Å². The van der Waals surface area contributed by atoms with Gasteiger partial charge in [0.15, 0.2) is 0 Å². The van der Waals surface area contributed by atoms with Crippen LogP contribution in [0.5, 0.6) is 0 Å². The lowest BCUT2D eigenvalue weighted by Crippen LogP contribution is -2.16. The molecule has 0 bridgehead atoms. The highest BCUT2D eigenvalue weighted by atomic mass is 14.7. The number of aliphatic imine (C=N–C) groups is 1. The minimum Gasteiger partial charge on any atom is -0.398 e. The Bertz CT molecular complexity index is 3060. The standard InChI is InChI=1S/C57H44N2/c1-57(2)55-47(22-13-23-51(55)52-33-32-41-18-9-10-19-46(41)56(52)57)43-28-26-42(27-29-43)45-34-35-50(49-21-12-11-20-48(45)49)53(58)36-54(59-37-38-14-5-3-6-15-38)44-30-24-40(25-31-44)39-16-7-4-8-17-39/h3-36H,37,58H2,1-2H3/b53-36-,59-54?. The summed E-state index contributed by atoms with van der Waals surface area (Å²) >= 11 is 0. The van der Waals surface area contributed by atoms with Gasteiger partial charge in [-0.1, -0.05) is 214 Å². The zero-order valence-electron chi connectivity index (χ0n) is 33.4. The van der Waals surface area contributed by atoms with Crippen LogP contribution in [0, 0.1) is 0 Å². The first-order chi connectivity index (χ1) is 28.9. The highest BCUT2D eigenvalue weighted by molar-refractivity contribution is 6.14. The molecule has 10 rings (SSSR count). The van der Waals surface area contributed by atoms with Crippen LogP contribution in [0.2, 0.25) is 0 Å². The fraction of sp³-hybridized carbons (Fsp3) is 0.0702. The Balaban J connectivity index is 0.996. The molecule has 9 aromatic carbocycles. The summed E-state index contributed by atoms with van der Waals surface area (Å²) in [5.41, 5.74) is 24.3. The first-order valence-electron chi connectivity index (χ1n) is 20.4. The molecule has 1 aliphatic rings. The summed E-state index contributed by atoms with van der Waals surface area (Å²) in [6.45, 7) is 5.33. The third-order valence-corrected chi connectivity index (χ3v) is 12.1. The maximum absolute atomic E-state index is 7.07. The summed E-state index contributed by atoms with van der Waals surface area (Å²) in [7, 11) is 0. The quantitative estimate of drug-likeness (QED) is 0.154. The molecule has 0 atom stereocenters. The van der Waals surface area contributed by atoms with Crippen LogP contribution < -0.4 is 5.73 Å². The molecule has 59 heavy (non-hydrogen) atoms. The average molecular weight is 757 g/mol. The van der Waals surface area contributed by atoms with Gasteiger partial charge in [0.05, 0.1) is 12.3 Å². The van der Waals surface area contributed by atoms with Crippen LogP contribution in [0.3, 0.4) is 0 Å². The van der Waals surface area contributed by atoms with Crippen LogP contribution in [0.4, 0.5) is 0 Å². The number of nitrogens with zero attached hydrogens (tertiary/aromatic N) is 1. The molecule has 0 aromatic heterocycles. The Morgan fingerprint density at radius 3 is 1.76 bits per heavy atom. The predicted octanol–water partition coefficient (Wildman–Crippen LogP) is 14.3. The lowest BCUT2D eigenvalue weighted by atomic mass is 9.77. The van der Waals surface area contributed by atoms with E-state index in [1.165, 1.54) is 66.4 Å². The topological polar surface area (TPSA) is 38.4 Å². The number of fused-ring (bicyclic) bond motifs is 6. The summed E-state index contributed by atoms with van der Waals surface area (Å²) in [6, 6.07) is 71.7. The van der Waals surface area contributed by atoms with E-state index >= 15 is 0 Å². The number of nitrogens with two attached hydrogens (primary N) is 1. The minimum atomic E-state index is -0.141. The van der Waals surface area contributed by atoms with Crippen LogP contribution in [0.15, 0.2) is 211 Å². The van der Waals surface area contributed by atoms with Gasteiger partial charge in [-0.2, -0.15) is 0 Å². The molecule has 9 aromatic rings. The molecule has 2 heteroatoms. The van der Waals surface area contributed by atoms with Gasteiger partial charge in [-0.15, -0.1) is 0 Å². The molecule has 0 spiro atoms. The first kappa shape index (κ1) is 36.1. The van der Waals surface area contributed by atoms with E-state index < -0.39 is 0 Å². The van der Waals surface area contributed by atoms with E-state index in [1.54, 1.807) is 0 Å². The maximum Gasteiger partial charge on any atom is 0.0671 e. The number of hydrogen-bond donors (Lipinski definition) is 1. The second kappa shape index (κ2) is 14.9. The Hall–Kier alpha value is -7.29. The van der Waals surface area contributed by atoms with E-state index in [9.17, 15) is 0 Å². The van der Waals surface area contributed by atoms with Crippen molar-refractivity contribution in [2.45, 2.75) is 25.8 Å². The number of benzene rings is 9. The number of rotatable bonds is 8. The Morgan fingerprint density at radius 2 is 1.02 bits per heavy atom. The van der Waals surface area contributed by atoms with Crippen LogP contribution in [0.25, 0.3) is 71.7 Å². The van der Waals surface area contributed by atoms with Crippen LogP contribution in [0.1, 0.15) is 41.7 Å². The highest BCUT2D eigenvalue weighted by Crippen LogP contribution is 2.54. The van der Waals surface area contributed by atoms with Gasteiger partial charge in [0.1, 0.15) is 0 Å². The molecule has 0 amide bonds. The van der Waals surface area contributed by atoms with Gasteiger partial charge < -0.3 is 5.73 Å². The summed E-state index contributed by atoms with van der Waals surface area (Å²) < 4.78 is 0. The molecule has 1 aliphatic carbocycles. The van der Waals surface area contributed by atoms with E-state index in [-0.39, 0.29) is 5.41 Å². The lowest BCUT2D eigenvalue weighted by molar-refractivity contribution is 0.668. The second-order valence-electron chi connectivity index (χ2n) is 16.1. The van der Waals surface area contributed by atoms with Gasteiger partial charge >= 0.3 is 0 Å². The van der Waals surface area contributed by atoms with Crippen LogP contribution in [-0.4, -0.2) is 5.71 Å². The summed E-state index contributed by atoms with van der Waals surface area (Å²) in [5, 5.41) is 4.90. The molecule has 0 heterocycles. The third kappa shape index (κ3) is 6.53. The van der Waals surface area contributed by atoms with Crippen molar-refractivity contribution in [3.05, 3.63) is 234 Å². The van der Waals surface area contributed by atoms with E-state index in [2.05, 4.69) is 202 Å². The minimum absolute atomic E-state index is 0.141. The number of allylic oxidation sites excluding steroid dienone is 1. The van der Waals surface area contributed by atoms with E-state index in [0.717, 1.165) is 33.2 Å². The SMILES string of the molecule is CC1(C)c2c(-c3ccc(-c4ccc(/C(N)=C/C(=NCc5ccccc5)c5ccc(-c6ccccc6)cc5)c5ccccc45)cc3)cccc2-c2ccc3ccccc3c21. The molecule has 2 N–H and O–H groups in total. The molecule has 2 nitrogen and oxygen atoms in total. The van der Waals surface area contributed by atoms with E-state index in [1.807, 2.05) is 18.2 Å². The first-order valence-corrected chi connectivity index (χ1v) is 20.4. The molecular weight excluding hydrogens is 713 g/mol. The highest BCUT2D eigenvalue weighted by Gasteiger charge is 2.38. The van der Waals surface area contributed by atoms with Gasteiger partial charge in [0.25, 0.3) is 0 Å². The number of hydrogen-bond acceptors (Lipinski definition) is 2. The monoisotopic (exact) mass is 756 g/mol. The Labute approximate surface area is 346 Å². The van der Waals surface area contributed by atoms with Crippen LogP contribution >= 0.6 is 0 Å². The van der Waals surface area contributed by atoms with Crippen molar-refractivity contribution in [1.82, 2.24) is 0 Å². The molecule has 0 radical (unpaired) electrons. The van der Waals surface area contributed by atoms with E-state index in [0.29, 0.717) is 12.2 Å². The van der Waals surface area contributed by atoms with Gasteiger partial charge in [0, 0.05) is 16.7 Å². The Morgan fingerprint density at radius 1 is 0.458 bits per heavy atom. The molecule has 282 valence electrons. The largest absolute Gasteiger partial charge is 0.398 e. The average Bonchev–Trinajstić information content (AvgIpc) is 3.54. The molecule has 0 aliphatic heterocycles. The van der Waals surface area contributed by atoms with Gasteiger partial charge in [-0.3, -0.25) is 4.99 Å². The molecule has 0 unspecified atom stereocenters. The fourth-order valence-electron chi connectivity index (χ4n) is 9.29. The zero-order valence-corrected chi connectivity index (χ0v) is 33.4. The summed E-state index contributed by atoms with van der Waals surface area (Å²) in [5.74, 6) is 0. The van der Waals surface area contributed by atoms with Crippen molar-refractivity contribution < 1.29 is 0 Å². The molecule has 0 fully saturated rings. The van der Waals surface area contributed by atoms with Crippen molar-refractivity contribution in [3.63, 3.8) is 0 Å². The van der Waals surface area contributed by atoms with Gasteiger partial charge in [-0.05, 0) is 94.4 Å². The van der Waals surface area contributed by atoms with E-state index in [4.69, 9.17) is 10.7 Å². The normalized spacial score (nSPS) is 13.4. The van der Waals surface area contributed by atoms with Gasteiger partial charge in [0.2, 0.25) is 0 Å². The second-order valence-corrected chi connectivity index (χ2v) is 16.1. The third-order valence-electron chi connectivity index (χ3n) is 12.1. The summed E-state index contributed by atoms with van der Waals surface area (Å²) in [6.07, 6.45) is 2.04. The zero-order chi connectivity index (χ0) is 39.9.